The number of hydrogen-bond acceptors (Lipinski definition) is 7. The number of rotatable bonds is 4. The summed E-state index contributed by atoms with van der Waals surface area (Å²) in [6, 6.07) is 16.9. The van der Waals surface area contributed by atoms with Crippen LogP contribution in [0.1, 0.15) is 61.3 Å². The molecule has 0 unspecified atom stereocenters. The first-order valence-electron chi connectivity index (χ1n) is 14.2. The van der Waals surface area contributed by atoms with Crippen molar-refractivity contribution in [2.45, 2.75) is 64.4 Å². The van der Waals surface area contributed by atoms with E-state index >= 15 is 0 Å². The van der Waals surface area contributed by atoms with Crippen LogP contribution in [-0.2, 0) is 14.3 Å². The van der Waals surface area contributed by atoms with Crippen LogP contribution in [-0.4, -0.2) is 51.8 Å². The van der Waals surface area contributed by atoms with E-state index in [1.807, 2.05) is 6.08 Å². The normalized spacial score (nSPS) is 35.7. The zero-order valence-corrected chi connectivity index (χ0v) is 23.9. The molecule has 2 saturated carbocycles. The molecule has 0 aliphatic heterocycles. The van der Waals surface area contributed by atoms with Crippen LogP contribution >= 0.6 is 0 Å². The van der Waals surface area contributed by atoms with Crippen LogP contribution in [0.15, 0.2) is 84.5 Å². The van der Waals surface area contributed by atoms with Crippen molar-refractivity contribution in [1.29, 1.82) is 0 Å². The van der Waals surface area contributed by atoms with E-state index < -0.39 is 53.5 Å². The molecule has 2 aromatic carbocycles. The molecule has 0 saturated heterocycles. The molecule has 41 heavy (non-hydrogen) atoms. The van der Waals surface area contributed by atoms with Crippen molar-refractivity contribution in [1.82, 2.24) is 0 Å². The van der Waals surface area contributed by atoms with E-state index in [1.165, 1.54) is 0 Å². The highest BCUT2D eigenvalue weighted by atomic mass is 16.6. The summed E-state index contributed by atoms with van der Waals surface area (Å²) in [4.78, 5) is 40.6. The van der Waals surface area contributed by atoms with Crippen molar-refractivity contribution in [3.63, 3.8) is 0 Å². The maximum Gasteiger partial charge on any atom is 0.338 e. The number of aliphatic hydroxyl groups is 2. The third-order valence-electron chi connectivity index (χ3n) is 9.53. The molecule has 7 heteroatoms. The predicted octanol–water partition coefficient (Wildman–Crippen LogP) is 4.93. The SMILES string of the molecule is C=C1[C@H](OC(=O)c2ccccc2)C[C@H]2[C@@H](/C=C(\C)C(=O)[C@@]3(O)C[C@H](C)[C@H](O)[C@@H]3[C@H]1OC(=O)c1ccccc1)C2(C)C. The van der Waals surface area contributed by atoms with Gasteiger partial charge in [0.05, 0.1) is 23.1 Å². The Kier molecular flexibility index (Phi) is 7.55. The summed E-state index contributed by atoms with van der Waals surface area (Å²) in [5.41, 5.74) is -0.962. The second kappa shape index (κ2) is 10.7. The lowest BCUT2D eigenvalue weighted by molar-refractivity contribution is -0.145. The standard InChI is InChI=1S/C34H38O7/c1-19-16-24-25(33(24,4)5)17-26(40-31(37)22-12-8-6-9-13-22)21(3)29(41-32(38)23-14-10-7-11-15-23)27-28(35)20(2)18-34(27,39)30(19)36/h6-16,20,24-29,35,39H,3,17-18H2,1-2,4-5H3/b19-16+/t20-,24+,25-,26+,27+,28-,29-,34+/m0/s1. The van der Waals surface area contributed by atoms with Gasteiger partial charge in [0.2, 0.25) is 0 Å². The summed E-state index contributed by atoms with van der Waals surface area (Å²) in [6.45, 7) is 11.9. The molecule has 0 radical (unpaired) electrons. The second-order valence-corrected chi connectivity index (χ2v) is 12.5. The van der Waals surface area contributed by atoms with Crippen LogP contribution in [0.5, 0.6) is 0 Å². The van der Waals surface area contributed by atoms with Crippen LogP contribution in [0, 0.1) is 29.1 Å². The quantitative estimate of drug-likeness (QED) is 0.404. The van der Waals surface area contributed by atoms with Gasteiger partial charge in [0, 0.05) is 5.57 Å². The maximum absolute atomic E-state index is 13.9. The van der Waals surface area contributed by atoms with Crippen LogP contribution in [0.25, 0.3) is 0 Å². The molecular formula is C34H38O7. The Morgan fingerprint density at radius 1 is 0.951 bits per heavy atom. The predicted molar refractivity (Wildman–Crippen MR) is 153 cm³/mol. The van der Waals surface area contributed by atoms with Crippen LogP contribution in [0.4, 0.5) is 0 Å². The first-order valence-corrected chi connectivity index (χ1v) is 14.2. The molecule has 2 aromatic rings. The fraction of sp³-hybridized carbons (Fsp3) is 0.441. The number of Topliss-reactive ketones (excluding diaryl/α,β-unsaturated/α-hetero) is 1. The summed E-state index contributed by atoms with van der Waals surface area (Å²) in [6.07, 6.45) is -1.13. The molecule has 216 valence electrons. The summed E-state index contributed by atoms with van der Waals surface area (Å²) in [5.74, 6) is -3.39. The molecule has 0 aromatic heterocycles. The molecule has 2 N–H and O–H groups in total. The second-order valence-electron chi connectivity index (χ2n) is 12.5. The van der Waals surface area contributed by atoms with Gasteiger partial charge in [0.25, 0.3) is 0 Å². The Morgan fingerprint density at radius 2 is 1.49 bits per heavy atom. The van der Waals surface area contributed by atoms with E-state index in [4.69, 9.17) is 9.47 Å². The Bertz CT molecular complexity index is 1380. The lowest BCUT2D eigenvalue weighted by Gasteiger charge is -2.38. The third kappa shape index (κ3) is 5.17. The minimum atomic E-state index is -2.02. The van der Waals surface area contributed by atoms with Gasteiger partial charge in [-0.05, 0) is 72.8 Å². The van der Waals surface area contributed by atoms with Gasteiger partial charge in [0.15, 0.2) is 5.78 Å². The Labute approximate surface area is 240 Å². The van der Waals surface area contributed by atoms with E-state index in [1.54, 1.807) is 74.5 Å². The van der Waals surface area contributed by atoms with Crippen LogP contribution in [0.3, 0.4) is 0 Å². The summed E-state index contributed by atoms with van der Waals surface area (Å²) >= 11 is 0. The first kappa shape index (κ1) is 29.0. The Morgan fingerprint density at radius 3 is 2.05 bits per heavy atom. The first-order chi connectivity index (χ1) is 19.4. The fourth-order valence-corrected chi connectivity index (χ4v) is 6.91. The number of carbonyl (C=O) groups is 3. The number of ether oxygens (including phenoxy) is 2. The zero-order chi connectivity index (χ0) is 29.7. The number of ketones is 1. The lowest BCUT2D eigenvalue weighted by Crippen LogP contribution is -2.53. The molecule has 7 nitrogen and oxygen atoms in total. The van der Waals surface area contributed by atoms with E-state index in [9.17, 15) is 24.6 Å². The van der Waals surface area contributed by atoms with Gasteiger partial charge in [-0.2, -0.15) is 0 Å². The Balaban J connectivity index is 1.61. The largest absolute Gasteiger partial charge is 0.454 e. The number of carbonyl (C=O) groups excluding carboxylic acids is 3. The number of hydrogen-bond donors (Lipinski definition) is 2. The van der Waals surface area contributed by atoms with Crippen molar-refractivity contribution in [3.05, 3.63) is 95.6 Å². The highest BCUT2D eigenvalue weighted by molar-refractivity contribution is 6.02. The molecular weight excluding hydrogens is 520 g/mol. The van der Waals surface area contributed by atoms with Gasteiger partial charge in [-0.15, -0.1) is 0 Å². The smallest absolute Gasteiger partial charge is 0.338 e. The summed E-state index contributed by atoms with van der Waals surface area (Å²) < 4.78 is 12.1. The summed E-state index contributed by atoms with van der Waals surface area (Å²) in [5, 5.41) is 23.5. The number of fused-ring (bicyclic) bond motifs is 2. The molecule has 2 fully saturated rings. The zero-order valence-electron chi connectivity index (χ0n) is 23.9. The van der Waals surface area contributed by atoms with Gasteiger partial charge in [-0.25, -0.2) is 9.59 Å². The molecule has 0 spiro atoms. The number of allylic oxidation sites excluding steroid dienone is 1. The Hall–Kier alpha value is -3.55. The fourth-order valence-electron chi connectivity index (χ4n) is 6.91. The van der Waals surface area contributed by atoms with Crippen LogP contribution in [0.2, 0.25) is 0 Å². The van der Waals surface area contributed by atoms with Gasteiger partial charge in [-0.3, -0.25) is 4.79 Å². The third-order valence-corrected chi connectivity index (χ3v) is 9.53. The molecule has 3 aliphatic rings. The maximum atomic E-state index is 13.9. The van der Waals surface area contributed by atoms with E-state index in [2.05, 4.69) is 20.4 Å². The number of benzene rings is 2. The molecule has 3 aliphatic carbocycles. The minimum Gasteiger partial charge on any atom is -0.454 e. The topological polar surface area (TPSA) is 110 Å². The highest BCUT2D eigenvalue weighted by Crippen LogP contribution is 2.62. The van der Waals surface area contributed by atoms with Crippen molar-refractivity contribution in [2.75, 3.05) is 0 Å². The highest BCUT2D eigenvalue weighted by Gasteiger charge is 2.63. The molecule has 5 rings (SSSR count). The number of esters is 2. The van der Waals surface area contributed by atoms with Gasteiger partial charge >= 0.3 is 11.9 Å². The average molecular weight is 559 g/mol. The molecule has 8 atom stereocenters. The minimum absolute atomic E-state index is 0.00592. The van der Waals surface area contributed by atoms with Gasteiger partial charge in [0.1, 0.15) is 17.8 Å². The lowest BCUT2D eigenvalue weighted by atomic mass is 9.76. The van der Waals surface area contributed by atoms with Crippen molar-refractivity contribution in [3.8, 4) is 0 Å². The van der Waals surface area contributed by atoms with Crippen molar-refractivity contribution in [2.24, 2.45) is 29.1 Å². The number of aliphatic hydroxyl groups excluding tert-OH is 1. The van der Waals surface area contributed by atoms with E-state index in [0.717, 1.165) is 0 Å². The van der Waals surface area contributed by atoms with Crippen molar-refractivity contribution < 1.29 is 34.1 Å². The molecule has 0 heterocycles. The molecule has 0 bridgehead atoms. The van der Waals surface area contributed by atoms with E-state index in [-0.39, 0.29) is 34.8 Å². The molecule has 0 amide bonds. The van der Waals surface area contributed by atoms with Gasteiger partial charge < -0.3 is 19.7 Å². The van der Waals surface area contributed by atoms with Gasteiger partial charge in [-0.1, -0.05) is 69.8 Å². The monoisotopic (exact) mass is 558 g/mol. The summed E-state index contributed by atoms with van der Waals surface area (Å²) in [7, 11) is 0. The van der Waals surface area contributed by atoms with E-state index in [0.29, 0.717) is 17.6 Å². The average Bonchev–Trinajstić information content (AvgIpc) is 3.37. The van der Waals surface area contributed by atoms with Crippen molar-refractivity contribution >= 4 is 17.7 Å². The van der Waals surface area contributed by atoms with Crippen LogP contribution < -0.4 is 0 Å².